The summed E-state index contributed by atoms with van der Waals surface area (Å²) < 4.78 is 10.8. The lowest BCUT2D eigenvalue weighted by Gasteiger charge is -2.31. The Kier molecular flexibility index (Phi) is 37.2. The number of aromatic amines is 1. The minimum absolute atomic E-state index is 0.0109. The van der Waals surface area contributed by atoms with Gasteiger partial charge in [0.05, 0.1) is 20.1 Å². The van der Waals surface area contributed by atoms with E-state index in [1.54, 1.807) is 38.1 Å². The number of H-pyrrole nitrogens is 1. The number of rotatable bonds is 26. The lowest BCUT2D eigenvalue weighted by Crippen LogP contribution is -2.62. The van der Waals surface area contributed by atoms with Gasteiger partial charge in [-0.15, -0.1) is 0 Å². The monoisotopic (exact) mass is 1840 g/mol. The minimum atomic E-state index is -2.35. The maximum absolute atomic E-state index is 15.7. The summed E-state index contributed by atoms with van der Waals surface area (Å²) in [4.78, 5) is 283. The van der Waals surface area contributed by atoms with Gasteiger partial charge in [0.25, 0.3) is 0 Å². The first kappa shape index (κ1) is 101. The van der Waals surface area contributed by atoms with Gasteiger partial charge in [-0.25, -0.2) is 4.79 Å². The van der Waals surface area contributed by atoms with Crippen molar-refractivity contribution in [3.8, 4) is 17.2 Å². The Morgan fingerprint density at radius 1 is 0.576 bits per heavy atom. The molecule has 21 N–H and O–H groups in total. The van der Waals surface area contributed by atoms with Crippen LogP contribution in [0.5, 0.6) is 17.2 Å². The number of fused-ring (bicyclic) bond motifs is 13. The molecule has 0 aliphatic carbocycles. The van der Waals surface area contributed by atoms with E-state index in [2.05, 4.69) is 74.1 Å². The number of methoxy groups -OCH3 is 1. The largest absolute Gasteiger partial charge is 0.508 e. The fourth-order valence-electron chi connectivity index (χ4n) is 15.9. The molecule has 4 aliphatic rings. The van der Waals surface area contributed by atoms with Crippen molar-refractivity contribution in [3.63, 3.8) is 0 Å². The van der Waals surface area contributed by atoms with Crippen LogP contribution < -0.4 is 74.9 Å². The van der Waals surface area contributed by atoms with Gasteiger partial charge in [-0.05, 0) is 148 Å². The summed E-state index contributed by atoms with van der Waals surface area (Å²) in [5, 5.41) is 85.2. The molecule has 43 heteroatoms. The number of aromatic hydroxyl groups is 3. The van der Waals surface area contributed by atoms with Crippen LogP contribution in [-0.2, 0) is 126 Å². The maximum Gasteiger partial charge on any atom is 0.326 e. The first-order valence-electron chi connectivity index (χ1n) is 43.6. The number of para-hydroxylation sites is 1. The smallest absolute Gasteiger partial charge is 0.326 e. The molecule has 2 bridgehead atoms. The summed E-state index contributed by atoms with van der Waals surface area (Å²) in [6, 6.07) is -2.09. The third-order valence-corrected chi connectivity index (χ3v) is 22.9. The van der Waals surface area contributed by atoms with Crippen molar-refractivity contribution in [1.82, 2.24) is 83.9 Å². The number of hydrogen-bond acceptors (Lipinski definition) is 25. The third-order valence-electron chi connectivity index (χ3n) is 22.9. The topological polar surface area (TPSA) is 649 Å². The number of phenols is 3. The Balaban J connectivity index is 1.17. The van der Waals surface area contributed by atoms with E-state index in [0.29, 0.717) is 27.6 Å². The zero-order chi connectivity index (χ0) is 96.2. The number of nitrogens with one attached hydrogen (secondary N) is 14. The number of nitrogens with zero attached hydrogens (tertiary/aromatic N) is 2. The number of carbonyl (C=O) groups excluding carboxylic acids is 18. The molecule has 5 aromatic rings. The summed E-state index contributed by atoms with van der Waals surface area (Å²) >= 11 is 0. The first-order chi connectivity index (χ1) is 62.8. The van der Waals surface area contributed by atoms with Crippen LogP contribution in [0, 0.1) is 5.92 Å². The van der Waals surface area contributed by atoms with Crippen LogP contribution in [0.1, 0.15) is 146 Å². The Bertz CT molecular complexity index is 5030. The van der Waals surface area contributed by atoms with Gasteiger partial charge in [0, 0.05) is 88.6 Å². The van der Waals surface area contributed by atoms with E-state index in [-0.39, 0.29) is 113 Å². The van der Waals surface area contributed by atoms with Crippen molar-refractivity contribution in [2.45, 2.75) is 240 Å². The quantitative estimate of drug-likeness (QED) is 0.0248. The van der Waals surface area contributed by atoms with Crippen LogP contribution in [0.15, 0.2) is 103 Å². The lowest BCUT2D eigenvalue weighted by molar-refractivity contribution is -0.154. The number of aromatic nitrogens is 1. The highest BCUT2D eigenvalue weighted by molar-refractivity contribution is 6.02. The van der Waals surface area contributed by atoms with Crippen molar-refractivity contribution in [2.24, 2.45) is 11.7 Å². The number of carboxylic acids is 1. The zero-order valence-corrected chi connectivity index (χ0v) is 73.6. The molecule has 132 heavy (non-hydrogen) atoms. The number of primary amides is 1. The van der Waals surface area contributed by atoms with Gasteiger partial charge >= 0.3 is 17.9 Å². The number of phenolic OH excluding ortho intramolecular Hbond substituents is 3. The molecule has 15 atom stereocenters. The molecule has 4 fully saturated rings. The van der Waals surface area contributed by atoms with E-state index in [9.17, 15) is 68.7 Å². The number of benzene rings is 4. The molecule has 5 heterocycles. The molecule has 0 unspecified atom stereocenters. The predicted molar refractivity (Wildman–Crippen MR) is 466 cm³/mol. The van der Waals surface area contributed by atoms with E-state index in [1.165, 1.54) is 90.8 Å². The summed E-state index contributed by atoms with van der Waals surface area (Å²) in [5.74, 6) is -22.4. The van der Waals surface area contributed by atoms with Gasteiger partial charge in [-0.3, -0.25) is 86.3 Å². The first-order valence-corrected chi connectivity index (χ1v) is 43.6. The molecule has 4 saturated heterocycles. The summed E-state index contributed by atoms with van der Waals surface area (Å²) in [5.41, 5.74) is 7.58. The number of aliphatic carboxylic acids is 1. The molecular formula is C89H115N17O26. The second kappa shape index (κ2) is 48.4. The average Bonchev–Trinajstić information content (AvgIpc) is 1.61. The predicted octanol–water partition coefficient (Wildman–Crippen LogP) is -2.87. The van der Waals surface area contributed by atoms with E-state index in [4.69, 9.17) is 15.2 Å². The fraction of sp³-hybridized carbons (Fsp3) is 0.494. The minimum Gasteiger partial charge on any atom is -0.508 e. The van der Waals surface area contributed by atoms with Crippen LogP contribution in [0.25, 0.3) is 10.9 Å². The average molecular weight is 1840 g/mol. The summed E-state index contributed by atoms with van der Waals surface area (Å²) in [7, 11) is 1.02. The molecule has 16 amide bonds. The SMILES string of the molecule is COC(=O)CC[C@@H]1NC(=O)[C@H](Cc2c[nH]c3ccccc23)NC(=O)[C@@H]2CC(=O)O[C@H](C)[C@H](NC(=O)[C@H](CCC(N)=O)NC(=O)[C@@H]3CCCN3C(=O)[C@H](Cc3ccc(O)cc3)NC(C)=O)C(=O)N[C@H](CC(C)C)C(=O)N[C@H](CCCCNC(=O)CC[C@@H](C(=O)N[C@@H](Cc3ccc(O)cc3)C(=O)O)NC1=O)C(=O)N[C@@H](Cc1ccc(O)cc1)C(=O)N1CCC[C@H]1C(=O)N[C@@H](CO)C(=O)N2. The molecule has 4 aromatic carbocycles. The van der Waals surface area contributed by atoms with E-state index in [1.807, 2.05) is 0 Å². The second-order valence-corrected chi connectivity index (χ2v) is 33.5. The van der Waals surface area contributed by atoms with Crippen molar-refractivity contribution >= 4 is 123 Å². The van der Waals surface area contributed by atoms with Crippen molar-refractivity contribution in [1.29, 1.82) is 0 Å². The Morgan fingerprint density at radius 2 is 1.15 bits per heavy atom. The summed E-state index contributed by atoms with van der Waals surface area (Å²) in [6.07, 6.45) is -7.54. The fourth-order valence-corrected chi connectivity index (χ4v) is 15.9. The Labute approximate surface area is 758 Å². The van der Waals surface area contributed by atoms with Gasteiger partial charge in [0.1, 0.15) is 108 Å². The number of carbonyl (C=O) groups is 19. The number of likely N-dealkylation sites (tertiary alicyclic amines) is 1. The highest BCUT2D eigenvalue weighted by Gasteiger charge is 2.45. The third kappa shape index (κ3) is 29.6. The van der Waals surface area contributed by atoms with Gasteiger partial charge in [-0.2, -0.15) is 0 Å². The number of aliphatic hydroxyl groups excluding tert-OH is 1. The number of carboxylic acid groups (broad SMARTS) is 1. The molecule has 1 aromatic heterocycles. The zero-order valence-electron chi connectivity index (χ0n) is 73.6. The molecule has 9 rings (SSSR count). The number of ether oxygens (including phenoxy) is 2. The second-order valence-electron chi connectivity index (χ2n) is 33.5. The molecule has 4 aliphatic heterocycles. The normalized spacial score (nSPS) is 23.5. The van der Waals surface area contributed by atoms with Crippen LogP contribution in [0.2, 0.25) is 0 Å². The van der Waals surface area contributed by atoms with Crippen LogP contribution in [0.3, 0.4) is 0 Å². The lowest BCUT2D eigenvalue weighted by atomic mass is 10.00. The molecule has 0 spiro atoms. The van der Waals surface area contributed by atoms with Crippen LogP contribution in [0.4, 0.5) is 0 Å². The molecule has 712 valence electrons. The van der Waals surface area contributed by atoms with Crippen molar-refractivity contribution in [3.05, 3.63) is 126 Å². The van der Waals surface area contributed by atoms with Crippen molar-refractivity contribution < 1.29 is 126 Å². The van der Waals surface area contributed by atoms with Gasteiger partial charge in [0.2, 0.25) is 94.5 Å². The van der Waals surface area contributed by atoms with Gasteiger partial charge < -0.3 is 125 Å². The number of nitrogens with two attached hydrogens (primary N) is 1. The van der Waals surface area contributed by atoms with Crippen LogP contribution in [-0.4, -0.2) is 277 Å². The molecular weight excluding hydrogens is 1720 g/mol. The standard InChI is InChI=1S/C89H115N17O26/c1-46(2)38-62-80(120)94-58-14-8-9-35-91-72(113)33-30-60(78(118)102-67(89(129)130)41-51-21-27-55(111)28-22-51)95-77(117)61(31-34-73(114)131-5)96-81(121)63(42-52-44-92-57-13-7-6-12-56(52)57)98-82(122)64(99-83(123)68(45-107)103-85(125)70-16-11-37-106(70)88(128)66(101-76(58)116)40-50-19-25-54(110)26-20-50)43-74(115)132-47(3)75(86(126)100-62)104-79(119)59(29-32-71(90)112)97-84(124)69-15-10-36-105(69)87(127)65(93-48(4)108)39-49-17-23-53(109)24-18-49/h6-7,12-13,17-28,44,46-47,58-70,75,92,107,109-111H,8-11,14-16,29-43,45H2,1-5H3,(H2,90,112)(H,91,113)(H,93,108)(H,94,120)(H,95,117)(H,96,121)(H,97,124)(H,98,122)(H,99,123)(H,100,126)(H,101,116)(H,102,118)(H,103,125)(H,104,119)(H,129,130)/t47-,58-,59+,60+,61+,62-,63+,64+,65+,66+,67+,68+,69+,70+,75+/m1/s1. The van der Waals surface area contributed by atoms with Crippen LogP contribution >= 0.6 is 0 Å². The number of aliphatic hydroxyl groups is 1. The number of esters is 2. The molecule has 43 nitrogen and oxygen atoms in total. The Morgan fingerprint density at radius 3 is 1.79 bits per heavy atom. The van der Waals surface area contributed by atoms with Crippen molar-refractivity contribution in [2.75, 3.05) is 33.4 Å². The summed E-state index contributed by atoms with van der Waals surface area (Å²) in [6.45, 7) is 3.83. The van der Waals surface area contributed by atoms with Gasteiger partial charge in [-0.1, -0.05) is 68.4 Å². The molecule has 0 saturated carbocycles. The highest BCUT2D eigenvalue weighted by Crippen LogP contribution is 2.27. The maximum atomic E-state index is 15.7. The highest BCUT2D eigenvalue weighted by atomic mass is 16.5. The van der Waals surface area contributed by atoms with E-state index >= 15 is 47.9 Å². The molecule has 0 radical (unpaired) electrons. The number of amides is 16. The van der Waals surface area contributed by atoms with Gasteiger partial charge in [0.15, 0.2) is 0 Å². The Hall–Kier alpha value is -14.3. The van der Waals surface area contributed by atoms with E-state index < -0.39 is 267 Å². The number of hydrogen-bond donors (Lipinski definition) is 20. The van der Waals surface area contributed by atoms with E-state index in [0.717, 1.165) is 18.9 Å².